The van der Waals surface area contributed by atoms with Crippen LogP contribution in [0, 0.1) is 0 Å². The van der Waals surface area contributed by atoms with E-state index in [2.05, 4.69) is 26.6 Å². The first-order valence-corrected chi connectivity index (χ1v) is 7.31. The van der Waals surface area contributed by atoms with Gasteiger partial charge in [-0.05, 0) is 44.1 Å². The zero-order chi connectivity index (χ0) is 13.7. The fourth-order valence-corrected chi connectivity index (χ4v) is 2.71. The summed E-state index contributed by atoms with van der Waals surface area (Å²) in [6, 6.07) is 6.01. The first-order chi connectivity index (χ1) is 9.19. The van der Waals surface area contributed by atoms with Gasteiger partial charge in [-0.3, -0.25) is 4.79 Å². The molecule has 0 unspecified atom stereocenters. The third-order valence-corrected chi connectivity index (χ3v) is 3.79. The molecule has 1 aromatic rings. The van der Waals surface area contributed by atoms with Gasteiger partial charge >= 0.3 is 0 Å². The van der Waals surface area contributed by atoms with Gasteiger partial charge in [0.25, 0.3) is 0 Å². The Morgan fingerprint density at radius 2 is 2.15 bits per heavy atom. The second kappa shape index (κ2) is 8.49. The third-order valence-electron chi connectivity index (χ3n) is 3.30. The largest absolute Gasteiger partial charge is 0.496 e. The van der Waals surface area contributed by atoms with Crippen molar-refractivity contribution in [1.29, 1.82) is 0 Å². The molecule has 0 spiro atoms. The normalized spacial score (nSPS) is 15.3. The summed E-state index contributed by atoms with van der Waals surface area (Å²) in [5.41, 5.74) is 0.906. The summed E-state index contributed by atoms with van der Waals surface area (Å²) in [5, 5.41) is 6.37. The molecule has 0 radical (unpaired) electrons. The molecule has 4 nitrogen and oxygen atoms in total. The van der Waals surface area contributed by atoms with E-state index < -0.39 is 0 Å². The third kappa shape index (κ3) is 4.96. The molecule has 0 aliphatic carbocycles. The number of piperidine rings is 1. The van der Waals surface area contributed by atoms with Gasteiger partial charge in [0, 0.05) is 16.1 Å². The summed E-state index contributed by atoms with van der Waals surface area (Å²) in [4.78, 5) is 12.1. The lowest BCUT2D eigenvalue weighted by Gasteiger charge is -2.23. The Hall–Kier alpha value is -0.780. The molecule has 1 heterocycles. The molecule has 0 aromatic heterocycles. The zero-order valence-corrected chi connectivity index (χ0v) is 13.9. The molecule has 1 fully saturated rings. The molecule has 6 heteroatoms. The maximum atomic E-state index is 12.1. The van der Waals surface area contributed by atoms with Gasteiger partial charge in [0.05, 0.1) is 13.5 Å². The average molecular weight is 364 g/mol. The van der Waals surface area contributed by atoms with E-state index in [0.717, 1.165) is 41.7 Å². The predicted molar refractivity (Wildman–Crippen MR) is 85.7 cm³/mol. The Labute approximate surface area is 134 Å². The minimum Gasteiger partial charge on any atom is -0.496 e. The summed E-state index contributed by atoms with van der Waals surface area (Å²) < 4.78 is 6.24. The number of rotatable bonds is 4. The number of methoxy groups -OCH3 is 1. The van der Waals surface area contributed by atoms with Gasteiger partial charge in [-0.15, -0.1) is 12.4 Å². The fraction of sp³-hybridized carbons (Fsp3) is 0.500. The molecule has 1 aliphatic heterocycles. The van der Waals surface area contributed by atoms with Gasteiger partial charge in [0.15, 0.2) is 0 Å². The highest BCUT2D eigenvalue weighted by molar-refractivity contribution is 9.10. The highest BCUT2D eigenvalue weighted by atomic mass is 79.9. The summed E-state index contributed by atoms with van der Waals surface area (Å²) in [6.45, 7) is 1.95. The van der Waals surface area contributed by atoms with Gasteiger partial charge < -0.3 is 15.4 Å². The van der Waals surface area contributed by atoms with Crippen molar-refractivity contribution < 1.29 is 9.53 Å². The maximum absolute atomic E-state index is 12.1. The molecule has 1 amide bonds. The van der Waals surface area contributed by atoms with Crippen LogP contribution in [0.3, 0.4) is 0 Å². The molecule has 0 saturated carbocycles. The highest BCUT2D eigenvalue weighted by Crippen LogP contribution is 2.23. The van der Waals surface area contributed by atoms with Crippen molar-refractivity contribution in [3.05, 3.63) is 28.2 Å². The van der Waals surface area contributed by atoms with Crippen molar-refractivity contribution in [2.45, 2.75) is 25.3 Å². The van der Waals surface area contributed by atoms with Crippen LogP contribution in [0.1, 0.15) is 18.4 Å². The van der Waals surface area contributed by atoms with E-state index in [4.69, 9.17) is 4.74 Å². The molecule has 20 heavy (non-hydrogen) atoms. The predicted octanol–water partition coefficient (Wildman–Crippen LogP) is 2.29. The number of halogens is 2. The Morgan fingerprint density at radius 3 is 2.80 bits per heavy atom. The van der Waals surface area contributed by atoms with Crippen molar-refractivity contribution in [3.8, 4) is 5.75 Å². The quantitative estimate of drug-likeness (QED) is 0.863. The average Bonchev–Trinajstić information content (AvgIpc) is 2.40. The van der Waals surface area contributed by atoms with E-state index in [0.29, 0.717) is 12.5 Å². The number of ether oxygens (including phenoxy) is 1. The summed E-state index contributed by atoms with van der Waals surface area (Å²) in [6.07, 6.45) is 2.36. The van der Waals surface area contributed by atoms with E-state index in [1.165, 1.54) is 0 Å². The van der Waals surface area contributed by atoms with Crippen molar-refractivity contribution >= 4 is 34.2 Å². The number of benzene rings is 1. The number of carbonyl (C=O) groups excluding carboxylic acids is 1. The van der Waals surface area contributed by atoms with E-state index in [-0.39, 0.29) is 18.3 Å². The molecule has 1 aromatic carbocycles. The fourth-order valence-electron chi connectivity index (χ4n) is 2.30. The standard InChI is InChI=1S/C14H19BrN2O2.ClH/c1-19-13-3-2-11(15)8-10(13)9-14(18)17-12-4-6-16-7-5-12;/h2-3,8,12,16H,4-7,9H2,1H3,(H,17,18);1H. The van der Waals surface area contributed by atoms with Crippen LogP contribution in [0.15, 0.2) is 22.7 Å². The second-order valence-electron chi connectivity index (χ2n) is 4.72. The van der Waals surface area contributed by atoms with Crippen molar-refractivity contribution in [2.75, 3.05) is 20.2 Å². The van der Waals surface area contributed by atoms with Crippen LogP contribution < -0.4 is 15.4 Å². The lowest BCUT2D eigenvalue weighted by atomic mass is 10.1. The summed E-state index contributed by atoms with van der Waals surface area (Å²) >= 11 is 3.42. The summed E-state index contributed by atoms with van der Waals surface area (Å²) in [7, 11) is 1.62. The van der Waals surface area contributed by atoms with E-state index in [1.54, 1.807) is 7.11 Å². The Kier molecular flexibility index (Phi) is 7.34. The van der Waals surface area contributed by atoms with Crippen LogP contribution >= 0.6 is 28.3 Å². The smallest absolute Gasteiger partial charge is 0.224 e. The van der Waals surface area contributed by atoms with Crippen LogP contribution in [0.25, 0.3) is 0 Å². The Balaban J connectivity index is 0.00000200. The van der Waals surface area contributed by atoms with Crippen LogP contribution in [-0.4, -0.2) is 32.1 Å². The van der Waals surface area contributed by atoms with Crippen molar-refractivity contribution in [2.24, 2.45) is 0 Å². The molecule has 0 atom stereocenters. The summed E-state index contributed by atoms with van der Waals surface area (Å²) in [5.74, 6) is 0.812. The lowest BCUT2D eigenvalue weighted by Crippen LogP contribution is -2.43. The molecular weight excluding hydrogens is 344 g/mol. The van der Waals surface area contributed by atoms with E-state index in [1.807, 2.05) is 18.2 Å². The van der Waals surface area contributed by atoms with Gasteiger partial charge in [0.1, 0.15) is 5.75 Å². The topological polar surface area (TPSA) is 50.4 Å². The van der Waals surface area contributed by atoms with Gasteiger partial charge in [0.2, 0.25) is 5.91 Å². The van der Waals surface area contributed by atoms with E-state index in [9.17, 15) is 4.79 Å². The van der Waals surface area contributed by atoms with E-state index >= 15 is 0 Å². The first kappa shape index (κ1) is 17.3. The molecule has 2 N–H and O–H groups in total. The monoisotopic (exact) mass is 362 g/mol. The molecule has 1 aliphatic rings. The van der Waals surface area contributed by atoms with Crippen LogP contribution in [-0.2, 0) is 11.2 Å². The first-order valence-electron chi connectivity index (χ1n) is 6.51. The Morgan fingerprint density at radius 1 is 1.45 bits per heavy atom. The minimum atomic E-state index is 0. The minimum absolute atomic E-state index is 0. The van der Waals surface area contributed by atoms with Crippen LogP contribution in [0.2, 0.25) is 0 Å². The van der Waals surface area contributed by atoms with Crippen molar-refractivity contribution in [3.63, 3.8) is 0 Å². The number of carbonyl (C=O) groups is 1. The molecule has 2 rings (SSSR count). The highest BCUT2D eigenvalue weighted by Gasteiger charge is 2.16. The molecule has 0 bridgehead atoms. The van der Waals surface area contributed by atoms with Crippen LogP contribution in [0.5, 0.6) is 5.75 Å². The van der Waals surface area contributed by atoms with Crippen molar-refractivity contribution in [1.82, 2.24) is 10.6 Å². The maximum Gasteiger partial charge on any atom is 0.224 e. The number of amides is 1. The molecule has 1 saturated heterocycles. The SMILES string of the molecule is COc1ccc(Br)cc1CC(=O)NC1CCNCC1.Cl. The van der Waals surface area contributed by atoms with Gasteiger partial charge in [-0.2, -0.15) is 0 Å². The Bertz CT molecular complexity index is 451. The molecular formula is C14H20BrClN2O2. The van der Waals surface area contributed by atoms with Crippen LogP contribution in [0.4, 0.5) is 0 Å². The number of hydrogen-bond acceptors (Lipinski definition) is 3. The number of hydrogen-bond donors (Lipinski definition) is 2. The second-order valence-corrected chi connectivity index (χ2v) is 5.64. The number of nitrogens with one attached hydrogen (secondary N) is 2. The van der Waals surface area contributed by atoms with Gasteiger partial charge in [-0.25, -0.2) is 0 Å². The zero-order valence-electron chi connectivity index (χ0n) is 11.4. The lowest BCUT2D eigenvalue weighted by molar-refractivity contribution is -0.121. The molecule has 112 valence electrons. The van der Waals surface area contributed by atoms with Gasteiger partial charge in [-0.1, -0.05) is 15.9 Å².